The summed E-state index contributed by atoms with van der Waals surface area (Å²) in [5.41, 5.74) is 9.08. The van der Waals surface area contributed by atoms with E-state index < -0.39 is 0 Å². The average molecular weight is 282 g/mol. The molecule has 21 heavy (non-hydrogen) atoms. The van der Waals surface area contributed by atoms with Crippen molar-refractivity contribution in [2.45, 2.75) is 38.4 Å². The van der Waals surface area contributed by atoms with Crippen LogP contribution in [0.25, 0.3) is 0 Å². The zero-order chi connectivity index (χ0) is 15.2. The second-order valence-electron chi connectivity index (χ2n) is 5.71. The Morgan fingerprint density at radius 1 is 0.905 bits per heavy atom. The number of rotatable bonds is 6. The topological polar surface area (TPSA) is 29.3 Å². The molecule has 0 bridgehead atoms. The van der Waals surface area contributed by atoms with Gasteiger partial charge < -0.3 is 5.73 Å². The summed E-state index contributed by atoms with van der Waals surface area (Å²) in [6.07, 6.45) is 1.11. The van der Waals surface area contributed by atoms with Crippen LogP contribution in [0, 0.1) is 0 Å². The first kappa shape index (κ1) is 15.7. The Morgan fingerprint density at radius 3 is 1.86 bits per heavy atom. The van der Waals surface area contributed by atoms with Crippen molar-refractivity contribution in [3.63, 3.8) is 0 Å². The monoisotopic (exact) mass is 282 g/mol. The van der Waals surface area contributed by atoms with E-state index in [9.17, 15) is 0 Å². The smallest absolute Gasteiger partial charge is 0.0541 e. The lowest BCUT2D eigenvalue weighted by molar-refractivity contribution is 0.157. The quantitative estimate of drug-likeness (QED) is 0.862. The lowest BCUT2D eigenvalue weighted by Crippen LogP contribution is -2.38. The van der Waals surface area contributed by atoms with Gasteiger partial charge >= 0.3 is 0 Å². The summed E-state index contributed by atoms with van der Waals surface area (Å²) < 4.78 is 0. The van der Waals surface area contributed by atoms with Crippen LogP contribution in [0.2, 0.25) is 0 Å². The predicted molar refractivity (Wildman–Crippen MR) is 90.1 cm³/mol. The zero-order valence-electron chi connectivity index (χ0n) is 13.2. The molecule has 0 saturated carbocycles. The predicted octanol–water partition coefficient (Wildman–Crippen LogP) is 4.16. The maximum Gasteiger partial charge on any atom is 0.0541 e. The van der Waals surface area contributed by atoms with E-state index in [1.54, 1.807) is 0 Å². The fourth-order valence-electron chi connectivity index (χ4n) is 2.77. The van der Waals surface area contributed by atoms with Gasteiger partial charge in [-0.05, 0) is 31.5 Å². The second kappa shape index (κ2) is 7.39. The van der Waals surface area contributed by atoms with Crippen LogP contribution < -0.4 is 5.73 Å². The van der Waals surface area contributed by atoms with Crippen LogP contribution in [0.4, 0.5) is 0 Å². The maximum atomic E-state index is 6.62. The van der Waals surface area contributed by atoms with Crippen molar-refractivity contribution in [3.05, 3.63) is 71.8 Å². The van der Waals surface area contributed by atoms with Crippen LogP contribution in [0.1, 0.15) is 43.5 Å². The molecule has 2 heteroatoms. The first-order valence-corrected chi connectivity index (χ1v) is 7.72. The molecule has 3 atom stereocenters. The third-order valence-electron chi connectivity index (χ3n) is 4.39. The van der Waals surface area contributed by atoms with Crippen LogP contribution in [-0.2, 0) is 0 Å². The first-order chi connectivity index (χ1) is 10.1. The fraction of sp³-hybridized carbons (Fsp3) is 0.368. The van der Waals surface area contributed by atoms with Crippen LogP contribution in [-0.4, -0.2) is 18.0 Å². The highest BCUT2D eigenvalue weighted by molar-refractivity contribution is 5.27. The molecule has 2 nitrogen and oxygen atoms in total. The molecular formula is C19H26N2. The van der Waals surface area contributed by atoms with Gasteiger partial charge in [0.2, 0.25) is 0 Å². The molecule has 2 aromatic rings. The summed E-state index contributed by atoms with van der Waals surface area (Å²) in [6, 6.07) is 21.6. The molecule has 2 N–H and O–H groups in total. The Labute approximate surface area is 128 Å². The number of hydrogen-bond donors (Lipinski definition) is 1. The van der Waals surface area contributed by atoms with Gasteiger partial charge in [-0.1, -0.05) is 67.6 Å². The van der Waals surface area contributed by atoms with Gasteiger partial charge in [-0.3, -0.25) is 4.90 Å². The highest BCUT2D eigenvalue weighted by Gasteiger charge is 2.27. The van der Waals surface area contributed by atoms with Crippen molar-refractivity contribution in [2.75, 3.05) is 7.05 Å². The van der Waals surface area contributed by atoms with Gasteiger partial charge in [-0.2, -0.15) is 0 Å². The van der Waals surface area contributed by atoms with E-state index in [1.165, 1.54) is 11.1 Å². The number of benzene rings is 2. The minimum Gasteiger partial charge on any atom is -0.322 e. The molecule has 0 heterocycles. The Hall–Kier alpha value is -1.64. The summed E-state index contributed by atoms with van der Waals surface area (Å²) in [5, 5.41) is 0. The van der Waals surface area contributed by atoms with Gasteiger partial charge in [0.1, 0.15) is 0 Å². The standard InChI is InChI=1S/C19H26N2/c1-4-15(2)21(3)19(17-13-9-6-10-14-17)18(20)16-11-7-5-8-12-16/h5-15,18-19H,4,20H2,1-3H3. The van der Waals surface area contributed by atoms with Crippen LogP contribution >= 0.6 is 0 Å². The Balaban J connectivity index is 2.36. The van der Waals surface area contributed by atoms with E-state index in [0.29, 0.717) is 6.04 Å². The van der Waals surface area contributed by atoms with Crippen molar-refractivity contribution in [1.29, 1.82) is 0 Å². The average Bonchev–Trinajstić information content (AvgIpc) is 2.56. The summed E-state index contributed by atoms with van der Waals surface area (Å²) in [4.78, 5) is 2.40. The molecule has 0 aliphatic rings. The van der Waals surface area contributed by atoms with Crippen LogP contribution in [0.3, 0.4) is 0 Å². The van der Waals surface area contributed by atoms with Crippen molar-refractivity contribution in [3.8, 4) is 0 Å². The summed E-state index contributed by atoms with van der Waals surface area (Å²) >= 11 is 0. The van der Waals surface area contributed by atoms with E-state index >= 15 is 0 Å². The first-order valence-electron chi connectivity index (χ1n) is 7.72. The van der Waals surface area contributed by atoms with Gasteiger partial charge in [0, 0.05) is 12.1 Å². The molecule has 0 aliphatic heterocycles. The Kier molecular flexibility index (Phi) is 5.54. The molecule has 0 spiro atoms. The van der Waals surface area contributed by atoms with E-state index in [0.717, 1.165) is 6.42 Å². The lowest BCUT2D eigenvalue weighted by Gasteiger charge is -2.37. The van der Waals surface area contributed by atoms with Crippen molar-refractivity contribution < 1.29 is 0 Å². The molecule has 0 aliphatic carbocycles. The molecule has 0 saturated heterocycles. The Morgan fingerprint density at radius 2 is 1.38 bits per heavy atom. The summed E-state index contributed by atoms with van der Waals surface area (Å²) in [7, 11) is 2.18. The molecule has 0 fully saturated rings. The molecule has 2 rings (SSSR count). The largest absolute Gasteiger partial charge is 0.322 e. The van der Waals surface area contributed by atoms with E-state index in [-0.39, 0.29) is 12.1 Å². The lowest BCUT2D eigenvalue weighted by atomic mass is 9.92. The van der Waals surface area contributed by atoms with Crippen molar-refractivity contribution >= 4 is 0 Å². The normalized spacial score (nSPS) is 15.7. The highest BCUT2D eigenvalue weighted by Crippen LogP contribution is 2.33. The van der Waals surface area contributed by atoms with E-state index in [4.69, 9.17) is 5.73 Å². The summed E-state index contributed by atoms with van der Waals surface area (Å²) in [5.74, 6) is 0. The van der Waals surface area contributed by atoms with Gasteiger partial charge in [-0.25, -0.2) is 0 Å². The number of nitrogens with zero attached hydrogens (tertiary/aromatic N) is 1. The summed E-state index contributed by atoms with van der Waals surface area (Å²) in [6.45, 7) is 4.48. The number of likely N-dealkylation sites (N-methyl/N-ethyl adjacent to an activating group) is 1. The molecule has 112 valence electrons. The molecule has 2 aromatic carbocycles. The van der Waals surface area contributed by atoms with Gasteiger partial charge in [0.15, 0.2) is 0 Å². The van der Waals surface area contributed by atoms with Gasteiger partial charge in [0.05, 0.1) is 6.04 Å². The fourth-order valence-corrected chi connectivity index (χ4v) is 2.77. The number of hydrogen-bond acceptors (Lipinski definition) is 2. The highest BCUT2D eigenvalue weighted by atomic mass is 15.2. The molecule has 0 aromatic heterocycles. The Bertz CT molecular complexity index is 524. The van der Waals surface area contributed by atoms with Crippen LogP contribution in [0.5, 0.6) is 0 Å². The second-order valence-corrected chi connectivity index (χ2v) is 5.71. The van der Waals surface area contributed by atoms with Gasteiger partial charge in [-0.15, -0.1) is 0 Å². The minimum absolute atomic E-state index is 0.0346. The van der Waals surface area contributed by atoms with E-state index in [2.05, 4.69) is 80.4 Å². The van der Waals surface area contributed by atoms with E-state index in [1.807, 2.05) is 6.07 Å². The molecule has 0 amide bonds. The van der Waals surface area contributed by atoms with Crippen LogP contribution in [0.15, 0.2) is 60.7 Å². The zero-order valence-corrected chi connectivity index (χ0v) is 13.2. The maximum absolute atomic E-state index is 6.62. The van der Waals surface area contributed by atoms with Crippen molar-refractivity contribution in [2.24, 2.45) is 5.73 Å². The SMILES string of the molecule is CCC(C)N(C)C(c1ccccc1)C(N)c1ccccc1. The molecule has 0 radical (unpaired) electrons. The third-order valence-corrected chi connectivity index (χ3v) is 4.39. The molecule has 3 unspecified atom stereocenters. The van der Waals surface area contributed by atoms with Gasteiger partial charge in [0.25, 0.3) is 0 Å². The molecular weight excluding hydrogens is 256 g/mol. The van der Waals surface area contributed by atoms with Crippen molar-refractivity contribution in [1.82, 2.24) is 4.90 Å². The third kappa shape index (κ3) is 3.72. The minimum atomic E-state index is -0.0346. The number of nitrogens with two attached hydrogens (primary N) is 1.